The first kappa shape index (κ1) is 21.5. The van der Waals surface area contributed by atoms with Crippen LogP contribution in [0.1, 0.15) is 27.0 Å². The van der Waals surface area contributed by atoms with Crippen LogP contribution in [0.2, 0.25) is 0 Å². The van der Waals surface area contributed by atoms with Crippen molar-refractivity contribution in [1.29, 1.82) is 0 Å². The molecule has 1 amide bonds. The van der Waals surface area contributed by atoms with Crippen molar-refractivity contribution in [2.24, 2.45) is 0 Å². The van der Waals surface area contributed by atoms with Crippen LogP contribution in [0.25, 0.3) is 22.4 Å². The fraction of sp³-hybridized carbons (Fsp3) is 0.160. The van der Waals surface area contributed by atoms with Crippen molar-refractivity contribution in [3.8, 4) is 11.4 Å². The second-order valence-electron chi connectivity index (χ2n) is 7.58. The molecule has 1 heterocycles. The highest BCUT2D eigenvalue weighted by molar-refractivity contribution is 7.80. The molecule has 0 unspecified atom stereocenters. The molecule has 0 radical (unpaired) electrons. The molecular weight excluding hydrogens is 418 g/mol. The van der Waals surface area contributed by atoms with E-state index in [0.717, 1.165) is 22.4 Å². The Bertz CT molecular complexity index is 1290. The minimum absolute atomic E-state index is 0.288. The van der Waals surface area contributed by atoms with E-state index < -0.39 is 0 Å². The van der Waals surface area contributed by atoms with Gasteiger partial charge >= 0.3 is 0 Å². The first-order valence-electron chi connectivity index (χ1n) is 10.4. The topological polar surface area (TPSA) is 71.0 Å². The van der Waals surface area contributed by atoms with E-state index in [1.807, 2.05) is 36.4 Å². The lowest BCUT2D eigenvalue weighted by Crippen LogP contribution is -2.45. The minimum atomic E-state index is -0.288. The third-order valence-corrected chi connectivity index (χ3v) is 5.85. The number of amides is 1. The molecule has 4 aromatic rings. The molecule has 6 nitrogen and oxygen atoms in total. The van der Waals surface area contributed by atoms with Gasteiger partial charge in [-0.25, -0.2) is 4.98 Å². The smallest absolute Gasteiger partial charge is 0.270 e. The van der Waals surface area contributed by atoms with Gasteiger partial charge in [-0.3, -0.25) is 15.6 Å². The van der Waals surface area contributed by atoms with E-state index in [-0.39, 0.29) is 5.91 Å². The Morgan fingerprint density at radius 2 is 1.62 bits per heavy atom. The molecule has 0 aliphatic carbocycles. The van der Waals surface area contributed by atoms with Crippen LogP contribution in [0, 0.1) is 13.8 Å². The van der Waals surface area contributed by atoms with Crippen LogP contribution in [0.3, 0.4) is 0 Å². The maximum absolute atomic E-state index is 13.0. The molecule has 0 fully saturated rings. The fourth-order valence-electron chi connectivity index (χ4n) is 3.82. The minimum Gasteiger partial charge on any atom is -0.364 e. The van der Waals surface area contributed by atoms with Gasteiger partial charge in [-0.05, 0) is 61.0 Å². The van der Waals surface area contributed by atoms with Gasteiger partial charge in [-0.1, -0.05) is 48.5 Å². The van der Waals surface area contributed by atoms with Crippen LogP contribution < -0.4 is 16.2 Å². The number of aryl methyl sites for hydroxylation is 2. The zero-order chi connectivity index (χ0) is 22.7. The molecule has 1 aromatic heterocycles. The first-order chi connectivity index (χ1) is 15.5. The number of hydrazine groups is 1. The van der Waals surface area contributed by atoms with Crippen LogP contribution in [0.5, 0.6) is 0 Å². The Balaban J connectivity index is 1.83. The van der Waals surface area contributed by atoms with Crippen molar-refractivity contribution in [3.63, 3.8) is 0 Å². The highest BCUT2D eigenvalue weighted by atomic mass is 32.1. The van der Waals surface area contributed by atoms with Gasteiger partial charge in [0.2, 0.25) is 0 Å². The quantitative estimate of drug-likeness (QED) is 0.327. The number of aromatic nitrogens is 2. The number of rotatable bonds is 4. The van der Waals surface area contributed by atoms with Gasteiger partial charge in [0.1, 0.15) is 5.82 Å². The molecule has 0 atom stereocenters. The number of fused-ring (bicyclic) bond motifs is 1. The van der Waals surface area contributed by atoms with Crippen molar-refractivity contribution in [3.05, 3.63) is 89.0 Å². The highest BCUT2D eigenvalue weighted by Crippen LogP contribution is 2.29. The highest BCUT2D eigenvalue weighted by Gasteiger charge is 2.20. The van der Waals surface area contributed by atoms with E-state index in [4.69, 9.17) is 17.2 Å². The molecule has 0 aliphatic heterocycles. The van der Waals surface area contributed by atoms with Crippen molar-refractivity contribution in [2.75, 3.05) is 7.05 Å². The lowest BCUT2D eigenvalue weighted by Gasteiger charge is -2.16. The van der Waals surface area contributed by atoms with E-state index in [0.29, 0.717) is 17.2 Å². The van der Waals surface area contributed by atoms with Crippen molar-refractivity contribution in [1.82, 2.24) is 25.7 Å². The molecule has 0 saturated carbocycles. The molecule has 3 aromatic carbocycles. The fourth-order valence-corrected chi connectivity index (χ4v) is 3.87. The van der Waals surface area contributed by atoms with Crippen molar-refractivity contribution >= 4 is 34.3 Å². The predicted molar refractivity (Wildman–Crippen MR) is 132 cm³/mol. The Morgan fingerprint density at radius 1 is 0.938 bits per heavy atom. The third-order valence-electron chi connectivity index (χ3n) is 5.54. The van der Waals surface area contributed by atoms with Crippen LogP contribution in [0.15, 0.2) is 66.7 Å². The molecule has 32 heavy (non-hydrogen) atoms. The molecule has 0 spiro atoms. The zero-order valence-corrected chi connectivity index (χ0v) is 19.1. The monoisotopic (exact) mass is 443 g/mol. The summed E-state index contributed by atoms with van der Waals surface area (Å²) in [6, 6.07) is 21.8. The largest absolute Gasteiger partial charge is 0.364 e. The number of para-hydroxylation sites is 2. The van der Waals surface area contributed by atoms with Gasteiger partial charge in [0.05, 0.1) is 23.1 Å². The van der Waals surface area contributed by atoms with Crippen molar-refractivity contribution < 1.29 is 4.79 Å². The van der Waals surface area contributed by atoms with E-state index in [2.05, 4.69) is 58.8 Å². The summed E-state index contributed by atoms with van der Waals surface area (Å²) in [4.78, 5) is 17.9. The van der Waals surface area contributed by atoms with E-state index in [9.17, 15) is 4.79 Å². The Morgan fingerprint density at radius 3 is 2.38 bits per heavy atom. The maximum Gasteiger partial charge on any atom is 0.270 e. The average Bonchev–Trinajstić information content (AvgIpc) is 3.18. The lowest BCUT2D eigenvalue weighted by atomic mass is 10.0. The van der Waals surface area contributed by atoms with Gasteiger partial charge in [-0.15, -0.1) is 0 Å². The summed E-state index contributed by atoms with van der Waals surface area (Å²) in [5.41, 5.74) is 12.2. The predicted octanol–water partition coefficient (Wildman–Crippen LogP) is 4.11. The van der Waals surface area contributed by atoms with Crippen LogP contribution in [-0.2, 0) is 6.54 Å². The number of carbonyl (C=O) groups excluding carboxylic acids is 1. The maximum atomic E-state index is 13.0. The summed E-state index contributed by atoms with van der Waals surface area (Å²) in [6.07, 6.45) is 0. The third kappa shape index (κ3) is 4.20. The normalized spacial score (nSPS) is 10.7. The molecule has 4 rings (SSSR count). The van der Waals surface area contributed by atoms with Gasteiger partial charge in [-0.2, -0.15) is 0 Å². The second-order valence-corrected chi connectivity index (χ2v) is 7.99. The number of benzene rings is 3. The molecule has 0 saturated heterocycles. The van der Waals surface area contributed by atoms with E-state index >= 15 is 0 Å². The number of hydrogen-bond acceptors (Lipinski definition) is 3. The molecule has 3 N–H and O–H groups in total. The number of thiocarbonyl (C=S) groups is 1. The van der Waals surface area contributed by atoms with Gasteiger partial charge in [0, 0.05) is 12.6 Å². The summed E-state index contributed by atoms with van der Waals surface area (Å²) in [7, 11) is 1.69. The number of nitrogens with zero attached hydrogens (tertiary/aromatic N) is 2. The van der Waals surface area contributed by atoms with Gasteiger partial charge < -0.3 is 9.88 Å². The summed E-state index contributed by atoms with van der Waals surface area (Å²) < 4.78 is 2.18. The summed E-state index contributed by atoms with van der Waals surface area (Å²) >= 11 is 5.06. The number of imidazole rings is 1. The first-order valence-corrected chi connectivity index (χ1v) is 10.8. The van der Waals surface area contributed by atoms with E-state index in [1.54, 1.807) is 13.1 Å². The van der Waals surface area contributed by atoms with Crippen LogP contribution in [0.4, 0.5) is 0 Å². The van der Waals surface area contributed by atoms with Crippen LogP contribution in [-0.4, -0.2) is 27.6 Å². The molecule has 0 bridgehead atoms. The summed E-state index contributed by atoms with van der Waals surface area (Å²) in [5, 5.41) is 3.10. The second kappa shape index (κ2) is 9.20. The molecule has 0 aliphatic rings. The Kier molecular flexibility index (Phi) is 6.18. The summed E-state index contributed by atoms with van der Waals surface area (Å²) in [6.45, 7) is 4.91. The Labute approximate surface area is 192 Å². The number of hydrogen-bond donors (Lipinski definition) is 3. The van der Waals surface area contributed by atoms with Crippen molar-refractivity contribution in [2.45, 2.75) is 20.4 Å². The van der Waals surface area contributed by atoms with Gasteiger partial charge in [0.15, 0.2) is 5.11 Å². The van der Waals surface area contributed by atoms with E-state index in [1.165, 1.54) is 16.7 Å². The summed E-state index contributed by atoms with van der Waals surface area (Å²) in [5.74, 6) is 0.458. The Hall–Kier alpha value is -3.71. The number of nitrogens with one attached hydrogen (secondary N) is 3. The van der Waals surface area contributed by atoms with Gasteiger partial charge in [0.25, 0.3) is 5.91 Å². The standard InChI is InChI=1S/C25H25N5OS/c1-16-9-8-10-17(2)20(16)15-30-22-14-7-6-13-21(22)27-23(30)18-11-4-5-12-19(18)24(31)28-29-25(32)26-3/h4-14H,15H2,1-3H3,(H,28,31)(H2,26,29,32). The number of carbonyl (C=O) groups is 1. The molecular formula is C25H25N5OS. The SMILES string of the molecule is CNC(=S)NNC(=O)c1ccccc1-c1nc2ccccc2n1Cc1c(C)cccc1C. The van der Waals surface area contributed by atoms with Crippen LogP contribution >= 0.6 is 12.2 Å². The molecule has 7 heteroatoms. The average molecular weight is 444 g/mol. The lowest BCUT2D eigenvalue weighted by molar-refractivity contribution is 0.0944. The zero-order valence-electron chi connectivity index (χ0n) is 18.3. The molecule has 162 valence electrons.